The van der Waals surface area contributed by atoms with Crippen LogP contribution in [0.4, 0.5) is 0 Å². The Balaban J connectivity index is 1.62. The highest BCUT2D eigenvalue weighted by Gasteiger charge is 2.19. The van der Waals surface area contributed by atoms with Gasteiger partial charge in [-0.25, -0.2) is 4.98 Å². The fraction of sp³-hybridized carbons (Fsp3) is 0.348. The van der Waals surface area contributed by atoms with E-state index in [1.54, 1.807) is 19.2 Å². The first-order valence-electron chi connectivity index (χ1n) is 9.68. The SMILES string of the molecule is COc1ccc(Cc2nc3cc(Cl)cc(C#CCO)c3o2)cc1OC1CCCC1. The molecule has 2 aromatic carbocycles. The molecule has 0 atom stereocenters. The Kier molecular flexibility index (Phi) is 5.94. The Hall–Kier alpha value is -2.68. The first-order chi connectivity index (χ1) is 14.2. The van der Waals surface area contributed by atoms with Gasteiger partial charge in [-0.2, -0.15) is 0 Å². The minimum absolute atomic E-state index is 0.232. The first kappa shape index (κ1) is 19.6. The van der Waals surface area contributed by atoms with Crippen LogP contribution in [0.1, 0.15) is 42.7 Å². The van der Waals surface area contributed by atoms with Crippen LogP contribution in [0.2, 0.25) is 5.02 Å². The number of aromatic nitrogens is 1. The molecule has 1 heterocycles. The molecule has 0 radical (unpaired) electrons. The topological polar surface area (TPSA) is 64.7 Å². The van der Waals surface area contributed by atoms with Gasteiger partial charge in [-0.3, -0.25) is 0 Å². The van der Waals surface area contributed by atoms with Gasteiger partial charge in [-0.15, -0.1) is 0 Å². The highest BCUT2D eigenvalue weighted by Crippen LogP contribution is 2.33. The lowest BCUT2D eigenvalue weighted by Crippen LogP contribution is -2.11. The lowest BCUT2D eigenvalue weighted by Gasteiger charge is -2.16. The van der Waals surface area contributed by atoms with Crippen molar-refractivity contribution in [3.8, 4) is 23.3 Å². The minimum Gasteiger partial charge on any atom is -0.493 e. The van der Waals surface area contributed by atoms with Gasteiger partial charge >= 0.3 is 0 Å². The number of aliphatic hydroxyl groups excluding tert-OH is 1. The van der Waals surface area contributed by atoms with E-state index < -0.39 is 0 Å². The summed E-state index contributed by atoms with van der Waals surface area (Å²) < 4.78 is 17.6. The first-order valence-corrected chi connectivity index (χ1v) is 10.1. The molecule has 4 rings (SSSR count). The second kappa shape index (κ2) is 8.77. The maximum atomic E-state index is 8.96. The van der Waals surface area contributed by atoms with Crippen LogP contribution in [0.3, 0.4) is 0 Å². The van der Waals surface area contributed by atoms with Gasteiger partial charge in [0.2, 0.25) is 0 Å². The van der Waals surface area contributed by atoms with E-state index in [0.717, 1.165) is 29.9 Å². The van der Waals surface area contributed by atoms with Crippen molar-refractivity contribution in [1.82, 2.24) is 4.98 Å². The number of nitrogens with zero attached hydrogens (tertiary/aromatic N) is 1. The Morgan fingerprint density at radius 2 is 2.03 bits per heavy atom. The average Bonchev–Trinajstić information content (AvgIpc) is 3.35. The Morgan fingerprint density at radius 1 is 1.21 bits per heavy atom. The van der Waals surface area contributed by atoms with E-state index >= 15 is 0 Å². The number of fused-ring (bicyclic) bond motifs is 1. The fourth-order valence-electron chi connectivity index (χ4n) is 3.63. The van der Waals surface area contributed by atoms with E-state index in [9.17, 15) is 0 Å². The fourth-order valence-corrected chi connectivity index (χ4v) is 3.84. The molecule has 0 unspecified atom stereocenters. The molecule has 3 aromatic rings. The van der Waals surface area contributed by atoms with Crippen molar-refractivity contribution in [3.63, 3.8) is 0 Å². The second-order valence-corrected chi connectivity index (χ2v) is 7.49. The maximum Gasteiger partial charge on any atom is 0.199 e. The zero-order chi connectivity index (χ0) is 20.2. The number of hydrogen-bond acceptors (Lipinski definition) is 5. The predicted molar refractivity (Wildman–Crippen MR) is 112 cm³/mol. The highest BCUT2D eigenvalue weighted by atomic mass is 35.5. The summed E-state index contributed by atoms with van der Waals surface area (Å²) in [5.74, 6) is 7.54. The van der Waals surface area contributed by atoms with Crippen LogP contribution in [-0.4, -0.2) is 29.9 Å². The summed E-state index contributed by atoms with van der Waals surface area (Å²) >= 11 is 6.16. The molecule has 1 fully saturated rings. The Morgan fingerprint density at radius 3 is 2.79 bits per heavy atom. The second-order valence-electron chi connectivity index (χ2n) is 7.06. The smallest absolute Gasteiger partial charge is 0.199 e. The van der Waals surface area contributed by atoms with Crippen molar-refractivity contribution >= 4 is 22.7 Å². The summed E-state index contributed by atoms with van der Waals surface area (Å²) in [5.41, 5.74) is 2.84. The average molecular weight is 412 g/mol. The number of benzene rings is 2. The number of hydrogen-bond donors (Lipinski definition) is 1. The van der Waals surface area contributed by atoms with Crippen LogP contribution in [0.15, 0.2) is 34.7 Å². The Bertz CT molecular complexity index is 1070. The van der Waals surface area contributed by atoms with Crippen LogP contribution >= 0.6 is 11.6 Å². The van der Waals surface area contributed by atoms with E-state index in [1.165, 1.54) is 12.8 Å². The summed E-state index contributed by atoms with van der Waals surface area (Å²) in [4.78, 5) is 4.56. The number of oxazole rings is 1. The monoisotopic (exact) mass is 411 g/mol. The number of ether oxygens (including phenoxy) is 2. The summed E-state index contributed by atoms with van der Waals surface area (Å²) in [6.07, 6.45) is 5.33. The normalized spacial score (nSPS) is 14.0. The molecule has 1 saturated carbocycles. The standard InChI is InChI=1S/C23H22ClNO4/c1-27-20-9-8-15(11-21(20)28-18-6-2-3-7-18)12-22-25-19-14-17(24)13-16(5-4-10-26)23(19)29-22/h8-9,11,13-14,18,26H,2-3,6-7,10,12H2,1H3. The van der Waals surface area contributed by atoms with Crippen LogP contribution < -0.4 is 9.47 Å². The van der Waals surface area contributed by atoms with Gasteiger partial charge in [0.1, 0.15) is 12.1 Å². The van der Waals surface area contributed by atoms with Crippen molar-refractivity contribution in [2.45, 2.75) is 38.2 Å². The molecule has 5 nitrogen and oxygen atoms in total. The Labute approximate surface area is 174 Å². The van der Waals surface area contributed by atoms with Crippen molar-refractivity contribution < 1.29 is 19.0 Å². The predicted octanol–water partition coefficient (Wildman–Crippen LogP) is 4.75. The number of aliphatic hydroxyl groups is 1. The molecule has 0 bridgehead atoms. The third kappa shape index (κ3) is 4.50. The quantitative estimate of drug-likeness (QED) is 0.614. The molecular weight excluding hydrogens is 390 g/mol. The van der Waals surface area contributed by atoms with Gasteiger partial charge in [-0.05, 0) is 55.5 Å². The molecule has 0 spiro atoms. The molecule has 0 saturated heterocycles. The lowest BCUT2D eigenvalue weighted by atomic mass is 10.1. The molecule has 1 N–H and O–H groups in total. The zero-order valence-corrected chi connectivity index (χ0v) is 17.0. The van der Waals surface area contributed by atoms with E-state index in [-0.39, 0.29) is 12.7 Å². The number of halogens is 1. The van der Waals surface area contributed by atoms with Crippen LogP contribution in [0.5, 0.6) is 11.5 Å². The van der Waals surface area contributed by atoms with Crippen LogP contribution in [0.25, 0.3) is 11.1 Å². The van der Waals surface area contributed by atoms with Crippen molar-refractivity contribution in [2.24, 2.45) is 0 Å². The van der Waals surface area contributed by atoms with E-state index in [1.807, 2.05) is 18.2 Å². The summed E-state index contributed by atoms with van der Waals surface area (Å²) in [6.45, 7) is -0.232. The van der Waals surface area contributed by atoms with E-state index in [0.29, 0.717) is 34.0 Å². The van der Waals surface area contributed by atoms with Gasteiger partial charge in [0.25, 0.3) is 0 Å². The van der Waals surface area contributed by atoms with Gasteiger partial charge in [0, 0.05) is 11.4 Å². The van der Waals surface area contributed by atoms with Crippen molar-refractivity contribution in [1.29, 1.82) is 0 Å². The lowest BCUT2D eigenvalue weighted by molar-refractivity contribution is 0.200. The van der Waals surface area contributed by atoms with Gasteiger partial charge in [0.05, 0.1) is 18.8 Å². The largest absolute Gasteiger partial charge is 0.493 e. The number of rotatable bonds is 5. The van der Waals surface area contributed by atoms with Gasteiger partial charge < -0.3 is 19.0 Å². The zero-order valence-electron chi connectivity index (χ0n) is 16.2. The minimum atomic E-state index is -0.232. The third-order valence-corrected chi connectivity index (χ3v) is 5.20. The molecule has 0 aliphatic heterocycles. The molecule has 150 valence electrons. The van der Waals surface area contributed by atoms with Crippen molar-refractivity contribution in [2.75, 3.05) is 13.7 Å². The molecule has 1 aliphatic rings. The molecular formula is C23H22ClNO4. The third-order valence-electron chi connectivity index (χ3n) is 4.98. The molecule has 29 heavy (non-hydrogen) atoms. The van der Waals surface area contributed by atoms with Crippen molar-refractivity contribution in [3.05, 3.63) is 52.4 Å². The van der Waals surface area contributed by atoms with Crippen LogP contribution in [-0.2, 0) is 6.42 Å². The van der Waals surface area contributed by atoms with Gasteiger partial charge in [0.15, 0.2) is 23.0 Å². The molecule has 1 aromatic heterocycles. The van der Waals surface area contributed by atoms with Gasteiger partial charge in [-0.1, -0.05) is 29.5 Å². The summed E-state index contributed by atoms with van der Waals surface area (Å²) in [7, 11) is 1.65. The number of methoxy groups -OCH3 is 1. The summed E-state index contributed by atoms with van der Waals surface area (Å²) in [5, 5.41) is 9.49. The highest BCUT2D eigenvalue weighted by molar-refractivity contribution is 6.31. The van der Waals surface area contributed by atoms with E-state index in [4.69, 9.17) is 30.6 Å². The summed E-state index contributed by atoms with van der Waals surface area (Å²) in [6, 6.07) is 9.34. The van der Waals surface area contributed by atoms with Crippen LogP contribution in [0, 0.1) is 11.8 Å². The molecule has 1 aliphatic carbocycles. The maximum absolute atomic E-state index is 8.96. The van der Waals surface area contributed by atoms with E-state index in [2.05, 4.69) is 16.8 Å². The molecule has 6 heteroatoms. The molecule has 0 amide bonds.